The Balaban J connectivity index is 1.85. The van der Waals surface area contributed by atoms with Gasteiger partial charge < -0.3 is 15.5 Å². The van der Waals surface area contributed by atoms with E-state index in [-0.39, 0.29) is 0 Å². The van der Waals surface area contributed by atoms with Crippen LogP contribution in [0, 0.1) is 6.92 Å². The second-order valence-electron chi connectivity index (χ2n) is 6.87. The Labute approximate surface area is 171 Å². The van der Waals surface area contributed by atoms with Gasteiger partial charge in [-0.1, -0.05) is 11.6 Å². The molecule has 146 valence electrons. The van der Waals surface area contributed by atoms with Crippen molar-refractivity contribution < 1.29 is 0 Å². The molecule has 0 unspecified atom stereocenters. The molecule has 0 aliphatic heterocycles. The van der Waals surface area contributed by atoms with Gasteiger partial charge >= 0.3 is 0 Å². The molecule has 0 spiro atoms. The number of aromatic nitrogens is 3. The smallest absolute Gasteiger partial charge is 0.225 e. The third-order valence-corrected chi connectivity index (χ3v) is 4.62. The number of nitrogens with one attached hydrogen (secondary N) is 2. The van der Waals surface area contributed by atoms with Crippen molar-refractivity contribution in [2.75, 3.05) is 37.8 Å². The van der Waals surface area contributed by atoms with Crippen molar-refractivity contribution >= 4 is 29.1 Å². The summed E-state index contributed by atoms with van der Waals surface area (Å²) in [6, 6.07) is 11.6. The summed E-state index contributed by atoms with van der Waals surface area (Å²) in [5.74, 6) is 1.32. The molecule has 0 radical (unpaired) electrons. The van der Waals surface area contributed by atoms with Crippen LogP contribution in [0.25, 0.3) is 11.3 Å². The number of hydrogen-bond donors (Lipinski definition) is 2. The normalized spacial score (nSPS) is 10.9. The van der Waals surface area contributed by atoms with Gasteiger partial charge in [-0.3, -0.25) is 4.98 Å². The van der Waals surface area contributed by atoms with Crippen molar-refractivity contribution in [2.45, 2.75) is 13.3 Å². The van der Waals surface area contributed by atoms with Gasteiger partial charge in [0.1, 0.15) is 5.82 Å². The molecule has 0 saturated carbocycles. The van der Waals surface area contributed by atoms with Crippen LogP contribution in [0.4, 0.5) is 17.5 Å². The van der Waals surface area contributed by atoms with Crippen LogP contribution < -0.4 is 10.6 Å². The Hall–Kier alpha value is -2.70. The first-order valence-electron chi connectivity index (χ1n) is 9.22. The largest absolute Gasteiger partial charge is 0.354 e. The number of aryl methyl sites for hydroxylation is 1. The highest BCUT2D eigenvalue weighted by Gasteiger charge is 2.08. The summed E-state index contributed by atoms with van der Waals surface area (Å²) in [6.45, 7) is 3.79. The summed E-state index contributed by atoms with van der Waals surface area (Å²) in [5.41, 5.74) is 3.77. The Bertz CT molecular complexity index is 914. The van der Waals surface area contributed by atoms with Gasteiger partial charge in [-0.25, -0.2) is 4.98 Å². The molecule has 2 aromatic heterocycles. The van der Waals surface area contributed by atoms with Gasteiger partial charge in [0.05, 0.1) is 5.69 Å². The highest BCUT2D eigenvalue weighted by atomic mass is 35.5. The first kappa shape index (κ1) is 20.0. The molecule has 0 fully saturated rings. The van der Waals surface area contributed by atoms with E-state index in [0.717, 1.165) is 52.9 Å². The lowest BCUT2D eigenvalue weighted by Crippen LogP contribution is -2.17. The lowest BCUT2D eigenvalue weighted by atomic mass is 10.2. The van der Waals surface area contributed by atoms with E-state index in [1.807, 2.05) is 43.3 Å². The average Bonchev–Trinajstić information content (AvgIpc) is 2.68. The van der Waals surface area contributed by atoms with Crippen molar-refractivity contribution in [2.24, 2.45) is 0 Å². The fourth-order valence-electron chi connectivity index (χ4n) is 2.73. The first-order chi connectivity index (χ1) is 13.5. The molecular weight excluding hydrogens is 372 g/mol. The second kappa shape index (κ2) is 9.48. The highest BCUT2D eigenvalue weighted by molar-refractivity contribution is 6.31. The second-order valence-corrected chi connectivity index (χ2v) is 7.28. The fraction of sp³-hybridized carbons (Fsp3) is 0.286. The van der Waals surface area contributed by atoms with Crippen LogP contribution in [0.15, 0.2) is 48.8 Å². The maximum Gasteiger partial charge on any atom is 0.225 e. The van der Waals surface area contributed by atoms with Gasteiger partial charge in [-0.05, 0) is 69.9 Å². The fourth-order valence-corrected chi connectivity index (χ4v) is 2.84. The zero-order valence-electron chi connectivity index (χ0n) is 16.4. The maximum absolute atomic E-state index is 6.13. The van der Waals surface area contributed by atoms with Crippen molar-refractivity contribution in [3.05, 3.63) is 59.4 Å². The molecule has 1 aromatic carbocycles. The van der Waals surface area contributed by atoms with Crippen LogP contribution in [0.1, 0.15) is 12.0 Å². The number of rotatable bonds is 8. The molecule has 0 amide bonds. The zero-order valence-corrected chi connectivity index (χ0v) is 17.2. The Morgan fingerprint density at radius 3 is 2.54 bits per heavy atom. The molecular formula is C21H25ClN6. The molecule has 7 heteroatoms. The standard InChI is InChI=1S/C21H25ClN6/c1-15-13-17(5-6-18(15)22)25-20-14-19(16-7-10-23-11-8-16)26-21(27-20)24-9-4-12-28(2)3/h5-8,10-11,13-14H,4,9,12H2,1-3H3,(H2,24,25,26,27). The van der Waals surface area contributed by atoms with Gasteiger partial charge in [-0.2, -0.15) is 4.98 Å². The van der Waals surface area contributed by atoms with Gasteiger partial charge in [-0.15, -0.1) is 0 Å². The van der Waals surface area contributed by atoms with E-state index in [0.29, 0.717) is 5.95 Å². The molecule has 2 heterocycles. The lowest BCUT2D eigenvalue weighted by molar-refractivity contribution is 0.405. The third kappa shape index (κ3) is 5.65. The molecule has 0 bridgehead atoms. The molecule has 0 atom stereocenters. The summed E-state index contributed by atoms with van der Waals surface area (Å²) in [6.07, 6.45) is 4.53. The SMILES string of the molecule is Cc1cc(Nc2cc(-c3ccncc3)nc(NCCCN(C)C)n2)ccc1Cl. The monoisotopic (exact) mass is 396 g/mol. The molecule has 0 aliphatic carbocycles. The summed E-state index contributed by atoms with van der Waals surface area (Å²) in [4.78, 5) is 15.5. The van der Waals surface area contributed by atoms with Gasteiger partial charge in [0, 0.05) is 41.3 Å². The first-order valence-corrected chi connectivity index (χ1v) is 9.60. The molecule has 3 aromatic rings. The van der Waals surface area contributed by atoms with Crippen LogP contribution in [-0.4, -0.2) is 47.0 Å². The van der Waals surface area contributed by atoms with Crippen LogP contribution >= 0.6 is 11.6 Å². The topological polar surface area (TPSA) is 66.0 Å². The number of pyridine rings is 1. The third-order valence-electron chi connectivity index (χ3n) is 4.20. The van der Waals surface area contributed by atoms with E-state index in [9.17, 15) is 0 Å². The number of halogens is 1. The van der Waals surface area contributed by atoms with Crippen LogP contribution in [0.3, 0.4) is 0 Å². The van der Waals surface area contributed by atoms with Gasteiger partial charge in [0.15, 0.2) is 0 Å². The average molecular weight is 397 g/mol. The van der Waals surface area contributed by atoms with Gasteiger partial charge in [0.25, 0.3) is 0 Å². The number of nitrogens with zero attached hydrogens (tertiary/aromatic N) is 4. The van der Waals surface area contributed by atoms with E-state index in [4.69, 9.17) is 11.6 Å². The van der Waals surface area contributed by atoms with E-state index in [1.54, 1.807) is 12.4 Å². The number of benzene rings is 1. The summed E-state index contributed by atoms with van der Waals surface area (Å²) in [7, 11) is 4.13. The number of hydrogen-bond acceptors (Lipinski definition) is 6. The highest BCUT2D eigenvalue weighted by Crippen LogP contribution is 2.25. The predicted octanol–water partition coefficient (Wildman–Crippen LogP) is 4.61. The van der Waals surface area contributed by atoms with Crippen molar-refractivity contribution in [1.82, 2.24) is 19.9 Å². The molecule has 3 rings (SSSR count). The van der Waals surface area contributed by atoms with E-state index in [2.05, 4.69) is 44.6 Å². The van der Waals surface area contributed by atoms with Crippen LogP contribution in [-0.2, 0) is 0 Å². The minimum Gasteiger partial charge on any atom is -0.354 e. The minimum atomic E-state index is 0.598. The van der Waals surface area contributed by atoms with Crippen molar-refractivity contribution in [1.29, 1.82) is 0 Å². The molecule has 2 N–H and O–H groups in total. The summed E-state index contributed by atoms with van der Waals surface area (Å²) in [5, 5.41) is 7.43. The zero-order chi connectivity index (χ0) is 19.9. The molecule has 28 heavy (non-hydrogen) atoms. The summed E-state index contributed by atoms with van der Waals surface area (Å²) < 4.78 is 0. The Morgan fingerprint density at radius 2 is 1.82 bits per heavy atom. The summed E-state index contributed by atoms with van der Waals surface area (Å²) >= 11 is 6.13. The quantitative estimate of drug-likeness (QED) is 0.542. The minimum absolute atomic E-state index is 0.598. The van der Waals surface area contributed by atoms with E-state index in [1.165, 1.54) is 0 Å². The Kier molecular flexibility index (Phi) is 6.79. The van der Waals surface area contributed by atoms with E-state index >= 15 is 0 Å². The predicted molar refractivity (Wildman–Crippen MR) is 116 cm³/mol. The van der Waals surface area contributed by atoms with Gasteiger partial charge in [0.2, 0.25) is 5.95 Å². The lowest BCUT2D eigenvalue weighted by Gasteiger charge is -2.13. The van der Waals surface area contributed by atoms with Crippen molar-refractivity contribution in [3.8, 4) is 11.3 Å². The maximum atomic E-state index is 6.13. The van der Waals surface area contributed by atoms with Crippen LogP contribution in [0.2, 0.25) is 5.02 Å². The Morgan fingerprint density at radius 1 is 1.04 bits per heavy atom. The molecule has 6 nitrogen and oxygen atoms in total. The van der Waals surface area contributed by atoms with E-state index < -0.39 is 0 Å². The van der Waals surface area contributed by atoms with Crippen LogP contribution in [0.5, 0.6) is 0 Å². The molecule has 0 aliphatic rings. The number of anilines is 3. The molecule has 0 saturated heterocycles. The van der Waals surface area contributed by atoms with Crippen molar-refractivity contribution in [3.63, 3.8) is 0 Å².